The van der Waals surface area contributed by atoms with Crippen LogP contribution in [0.2, 0.25) is 0 Å². The molecule has 1 aromatic carbocycles. The smallest absolute Gasteiger partial charge is 0.313 e. The average Bonchev–Trinajstić information content (AvgIpc) is 3.18. The molecular formula is C21H31N3O2. The van der Waals surface area contributed by atoms with E-state index in [4.69, 9.17) is 0 Å². The van der Waals surface area contributed by atoms with Crippen LogP contribution in [0.5, 0.6) is 0 Å². The number of aryl methyl sites for hydroxylation is 1. The Morgan fingerprint density at radius 2 is 1.73 bits per heavy atom. The number of carbonyl (C=O) groups excluding carboxylic acids is 2. The van der Waals surface area contributed by atoms with Crippen LogP contribution in [0, 0.1) is 19.8 Å². The molecule has 0 radical (unpaired) electrons. The molecule has 3 rings (SSSR count). The Morgan fingerprint density at radius 1 is 1.04 bits per heavy atom. The summed E-state index contributed by atoms with van der Waals surface area (Å²) in [5, 5.41) is 5.54. The SMILES string of the molecule is Cc1cccc(NC(=O)C(=O)NCC2CCN(C3CCCC3)CC2)c1C. The van der Waals surface area contributed by atoms with Crippen LogP contribution in [0.1, 0.15) is 49.7 Å². The van der Waals surface area contributed by atoms with Gasteiger partial charge in [-0.15, -0.1) is 0 Å². The summed E-state index contributed by atoms with van der Waals surface area (Å²) in [5.41, 5.74) is 2.79. The summed E-state index contributed by atoms with van der Waals surface area (Å²) < 4.78 is 0. The summed E-state index contributed by atoms with van der Waals surface area (Å²) in [6.45, 7) is 6.78. The number of anilines is 1. The first kappa shape index (κ1) is 18.9. The van der Waals surface area contributed by atoms with E-state index in [-0.39, 0.29) is 0 Å². The molecule has 26 heavy (non-hydrogen) atoms. The molecule has 0 atom stereocenters. The molecule has 0 unspecified atom stereocenters. The Labute approximate surface area is 156 Å². The Morgan fingerprint density at radius 3 is 2.42 bits per heavy atom. The van der Waals surface area contributed by atoms with E-state index >= 15 is 0 Å². The number of nitrogens with one attached hydrogen (secondary N) is 2. The second-order valence-corrected chi connectivity index (χ2v) is 7.83. The summed E-state index contributed by atoms with van der Waals surface area (Å²) in [6.07, 6.45) is 7.65. The molecule has 5 heteroatoms. The van der Waals surface area contributed by atoms with Crippen molar-refractivity contribution in [3.8, 4) is 0 Å². The van der Waals surface area contributed by atoms with Gasteiger partial charge < -0.3 is 15.5 Å². The van der Waals surface area contributed by atoms with Crippen molar-refractivity contribution in [3.63, 3.8) is 0 Å². The fraction of sp³-hybridized carbons (Fsp3) is 0.619. The highest BCUT2D eigenvalue weighted by Crippen LogP contribution is 2.27. The number of piperidine rings is 1. The van der Waals surface area contributed by atoms with E-state index in [9.17, 15) is 9.59 Å². The van der Waals surface area contributed by atoms with Gasteiger partial charge in [0.2, 0.25) is 0 Å². The number of likely N-dealkylation sites (tertiary alicyclic amines) is 1. The van der Waals surface area contributed by atoms with Crippen molar-refractivity contribution in [1.82, 2.24) is 10.2 Å². The molecule has 2 amide bonds. The normalized spacial score (nSPS) is 19.5. The highest BCUT2D eigenvalue weighted by molar-refractivity contribution is 6.39. The van der Waals surface area contributed by atoms with Gasteiger partial charge in [-0.2, -0.15) is 0 Å². The maximum atomic E-state index is 12.1. The summed E-state index contributed by atoms with van der Waals surface area (Å²) in [6, 6.07) is 6.48. The lowest BCUT2D eigenvalue weighted by atomic mass is 9.95. The van der Waals surface area contributed by atoms with Crippen molar-refractivity contribution in [2.75, 3.05) is 25.0 Å². The third-order valence-corrected chi connectivity index (χ3v) is 6.10. The zero-order valence-corrected chi connectivity index (χ0v) is 16.0. The van der Waals surface area contributed by atoms with Crippen LogP contribution < -0.4 is 10.6 Å². The minimum absolute atomic E-state index is 0.477. The molecule has 1 aliphatic heterocycles. The van der Waals surface area contributed by atoms with Gasteiger partial charge in [-0.25, -0.2) is 0 Å². The first-order valence-corrected chi connectivity index (χ1v) is 9.94. The summed E-state index contributed by atoms with van der Waals surface area (Å²) >= 11 is 0. The molecule has 1 saturated carbocycles. The third-order valence-electron chi connectivity index (χ3n) is 6.10. The molecule has 1 saturated heterocycles. The van der Waals surface area contributed by atoms with Gasteiger partial charge in [-0.3, -0.25) is 9.59 Å². The summed E-state index contributed by atoms with van der Waals surface area (Å²) in [5.74, 6) is -0.642. The van der Waals surface area contributed by atoms with Gasteiger partial charge in [0, 0.05) is 18.3 Å². The van der Waals surface area contributed by atoms with Crippen LogP contribution in [0.4, 0.5) is 5.69 Å². The molecular weight excluding hydrogens is 326 g/mol. The quantitative estimate of drug-likeness (QED) is 0.815. The van der Waals surface area contributed by atoms with Gasteiger partial charge >= 0.3 is 11.8 Å². The lowest BCUT2D eigenvalue weighted by Gasteiger charge is -2.36. The fourth-order valence-corrected chi connectivity index (χ4v) is 4.17. The molecule has 2 N–H and O–H groups in total. The number of hydrogen-bond donors (Lipinski definition) is 2. The monoisotopic (exact) mass is 357 g/mol. The van der Waals surface area contributed by atoms with Gasteiger partial charge in [0.05, 0.1) is 0 Å². The Balaban J connectivity index is 1.41. The van der Waals surface area contributed by atoms with Crippen LogP contribution >= 0.6 is 0 Å². The topological polar surface area (TPSA) is 61.4 Å². The van der Waals surface area contributed by atoms with E-state index in [1.165, 1.54) is 25.7 Å². The lowest BCUT2D eigenvalue weighted by molar-refractivity contribution is -0.136. The van der Waals surface area contributed by atoms with Crippen molar-refractivity contribution >= 4 is 17.5 Å². The molecule has 1 aliphatic carbocycles. The second-order valence-electron chi connectivity index (χ2n) is 7.83. The largest absolute Gasteiger partial charge is 0.348 e. The van der Waals surface area contributed by atoms with Crippen molar-refractivity contribution in [2.24, 2.45) is 5.92 Å². The van der Waals surface area contributed by atoms with E-state index in [1.54, 1.807) is 0 Å². The first-order chi connectivity index (χ1) is 12.5. The molecule has 5 nitrogen and oxygen atoms in total. The van der Waals surface area contributed by atoms with Crippen molar-refractivity contribution in [1.29, 1.82) is 0 Å². The summed E-state index contributed by atoms with van der Waals surface area (Å²) in [4.78, 5) is 26.9. The van der Waals surface area contributed by atoms with Gasteiger partial charge in [-0.05, 0) is 75.7 Å². The molecule has 142 valence electrons. The number of benzene rings is 1. The Bertz CT molecular complexity index is 645. The van der Waals surface area contributed by atoms with Gasteiger partial charge in [-0.1, -0.05) is 25.0 Å². The van der Waals surface area contributed by atoms with Crippen LogP contribution in [0.3, 0.4) is 0 Å². The Hall–Kier alpha value is -1.88. The van der Waals surface area contributed by atoms with Crippen molar-refractivity contribution in [2.45, 2.75) is 58.4 Å². The van der Waals surface area contributed by atoms with Crippen LogP contribution in [-0.4, -0.2) is 42.4 Å². The van der Waals surface area contributed by atoms with Crippen molar-refractivity contribution < 1.29 is 9.59 Å². The van der Waals surface area contributed by atoms with Crippen LogP contribution in [-0.2, 0) is 9.59 Å². The second kappa shape index (κ2) is 8.67. The van der Waals surface area contributed by atoms with E-state index in [1.807, 2.05) is 32.0 Å². The van der Waals surface area contributed by atoms with E-state index in [2.05, 4.69) is 15.5 Å². The molecule has 2 aliphatic rings. The minimum atomic E-state index is -0.581. The number of hydrogen-bond acceptors (Lipinski definition) is 3. The Kier molecular flexibility index (Phi) is 6.30. The molecule has 0 spiro atoms. The number of nitrogens with zero attached hydrogens (tertiary/aromatic N) is 1. The van der Waals surface area contributed by atoms with Gasteiger partial charge in [0.25, 0.3) is 0 Å². The standard InChI is InChI=1S/C21H31N3O2/c1-15-6-5-9-19(16(15)2)23-21(26)20(25)22-14-17-10-12-24(13-11-17)18-7-3-4-8-18/h5-6,9,17-18H,3-4,7-8,10-14H2,1-2H3,(H,22,25)(H,23,26). The maximum Gasteiger partial charge on any atom is 0.313 e. The molecule has 2 fully saturated rings. The van der Waals surface area contributed by atoms with Gasteiger partial charge in [0.15, 0.2) is 0 Å². The predicted molar refractivity (Wildman–Crippen MR) is 104 cm³/mol. The van der Waals surface area contributed by atoms with E-state index in [0.717, 1.165) is 43.1 Å². The maximum absolute atomic E-state index is 12.1. The molecule has 1 heterocycles. The number of carbonyl (C=O) groups is 2. The predicted octanol–water partition coefficient (Wildman–Crippen LogP) is 3.01. The molecule has 1 aromatic rings. The highest BCUT2D eigenvalue weighted by atomic mass is 16.2. The highest BCUT2D eigenvalue weighted by Gasteiger charge is 2.27. The molecule has 0 bridgehead atoms. The average molecular weight is 357 g/mol. The summed E-state index contributed by atoms with van der Waals surface area (Å²) in [7, 11) is 0. The van der Waals surface area contributed by atoms with E-state index in [0.29, 0.717) is 18.2 Å². The third kappa shape index (κ3) is 4.64. The number of amides is 2. The van der Waals surface area contributed by atoms with E-state index < -0.39 is 11.8 Å². The zero-order chi connectivity index (χ0) is 18.5. The van der Waals surface area contributed by atoms with Gasteiger partial charge in [0.1, 0.15) is 0 Å². The minimum Gasteiger partial charge on any atom is -0.348 e. The lowest BCUT2D eigenvalue weighted by Crippen LogP contribution is -2.44. The van der Waals surface area contributed by atoms with Crippen molar-refractivity contribution in [3.05, 3.63) is 29.3 Å². The fourth-order valence-electron chi connectivity index (χ4n) is 4.17. The van der Waals surface area contributed by atoms with Crippen LogP contribution in [0.15, 0.2) is 18.2 Å². The zero-order valence-electron chi connectivity index (χ0n) is 16.0. The number of rotatable bonds is 4. The molecule has 0 aromatic heterocycles. The van der Waals surface area contributed by atoms with Crippen LogP contribution in [0.25, 0.3) is 0 Å². The first-order valence-electron chi connectivity index (χ1n) is 9.94.